The highest BCUT2D eigenvalue weighted by Crippen LogP contribution is 2.21. The van der Waals surface area contributed by atoms with E-state index in [2.05, 4.69) is 26.6 Å². The van der Waals surface area contributed by atoms with E-state index in [1.54, 1.807) is 6.07 Å². The van der Waals surface area contributed by atoms with E-state index in [1.807, 2.05) is 12.1 Å². The zero-order chi connectivity index (χ0) is 13.1. The van der Waals surface area contributed by atoms with Crippen LogP contribution in [0, 0.1) is 0 Å². The van der Waals surface area contributed by atoms with Crippen LogP contribution in [0.3, 0.4) is 0 Å². The fraction of sp³-hybridized carbons (Fsp3) is 0.417. The molecule has 0 spiro atoms. The minimum absolute atomic E-state index is 0. The Kier molecular flexibility index (Phi) is 6.56. The fourth-order valence-electron chi connectivity index (χ4n) is 1.89. The fourth-order valence-corrected chi connectivity index (χ4v) is 2.63. The third-order valence-electron chi connectivity index (χ3n) is 2.89. The maximum atomic E-state index is 11.8. The van der Waals surface area contributed by atoms with Crippen molar-refractivity contribution in [3.8, 4) is 0 Å². The van der Waals surface area contributed by atoms with Gasteiger partial charge >= 0.3 is 0 Å². The largest absolute Gasteiger partial charge is 0.392 e. The molecule has 1 aromatic rings. The van der Waals surface area contributed by atoms with Crippen LogP contribution in [0.2, 0.25) is 5.02 Å². The number of rotatable bonds is 3. The van der Waals surface area contributed by atoms with Crippen LogP contribution < -0.4 is 10.6 Å². The molecule has 19 heavy (non-hydrogen) atoms. The van der Waals surface area contributed by atoms with Gasteiger partial charge in [-0.1, -0.05) is 33.6 Å². The van der Waals surface area contributed by atoms with Crippen LogP contribution >= 0.6 is 39.9 Å². The van der Waals surface area contributed by atoms with Crippen molar-refractivity contribution in [1.82, 2.24) is 10.6 Å². The smallest absolute Gasteiger partial charge is 0.237 e. The zero-order valence-corrected chi connectivity index (χ0v) is 13.2. The number of β-amino-alcohol motifs (C(OH)–C–C–N with tert-alkyl or cyclic N) is 1. The van der Waals surface area contributed by atoms with Crippen LogP contribution in [0.4, 0.5) is 0 Å². The van der Waals surface area contributed by atoms with Gasteiger partial charge in [-0.15, -0.1) is 12.4 Å². The summed E-state index contributed by atoms with van der Waals surface area (Å²) in [5.74, 6) is -0.106. The Bertz CT molecular complexity index is 459. The lowest BCUT2D eigenvalue weighted by molar-refractivity contribution is -0.123. The molecule has 0 aromatic heterocycles. The maximum absolute atomic E-state index is 11.8. The van der Waals surface area contributed by atoms with Crippen molar-refractivity contribution < 1.29 is 9.90 Å². The van der Waals surface area contributed by atoms with Crippen molar-refractivity contribution >= 4 is 45.8 Å². The lowest BCUT2D eigenvalue weighted by Gasteiger charge is -2.12. The van der Waals surface area contributed by atoms with Crippen LogP contribution in [-0.4, -0.2) is 29.7 Å². The number of carbonyl (C=O) groups is 1. The number of aliphatic hydroxyl groups excluding tert-OH is 1. The van der Waals surface area contributed by atoms with Gasteiger partial charge in [0.1, 0.15) is 0 Å². The van der Waals surface area contributed by atoms with E-state index in [9.17, 15) is 9.90 Å². The molecule has 0 radical (unpaired) electrons. The number of hydrogen-bond acceptors (Lipinski definition) is 3. The predicted octanol–water partition coefficient (Wildman–Crippen LogP) is 1.86. The van der Waals surface area contributed by atoms with E-state index in [0.717, 1.165) is 10.0 Å². The molecule has 3 N–H and O–H groups in total. The standard InChI is InChI=1S/C12H14BrClN2O2.ClH/c13-8-2-1-7(10(14)3-8)5-16-12(18)11-4-9(17)6-15-11;/h1-3,9,11,15,17H,4-6H2,(H,16,18);1H. The average molecular weight is 370 g/mol. The number of amides is 1. The minimum Gasteiger partial charge on any atom is -0.392 e. The van der Waals surface area contributed by atoms with E-state index >= 15 is 0 Å². The van der Waals surface area contributed by atoms with Crippen molar-refractivity contribution in [1.29, 1.82) is 0 Å². The van der Waals surface area contributed by atoms with E-state index in [0.29, 0.717) is 24.5 Å². The molecule has 2 atom stereocenters. The molecule has 106 valence electrons. The van der Waals surface area contributed by atoms with Crippen molar-refractivity contribution in [2.45, 2.75) is 25.1 Å². The molecule has 0 bridgehead atoms. The molecule has 1 aliphatic rings. The Morgan fingerprint density at radius 3 is 2.89 bits per heavy atom. The molecule has 1 amide bonds. The molecular formula is C12H15BrCl2N2O2. The van der Waals surface area contributed by atoms with Gasteiger partial charge in [0.2, 0.25) is 5.91 Å². The number of benzene rings is 1. The summed E-state index contributed by atoms with van der Waals surface area (Å²) in [6.07, 6.45) is 0.0249. The first-order chi connectivity index (χ1) is 8.56. The molecule has 0 aliphatic carbocycles. The van der Waals surface area contributed by atoms with Crippen LogP contribution in [-0.2, 0) is 11.3 Å². The SMILES string of the molecule is Cl.O=C(NCc1ccc(Br)cc1Cl)C1CC(O)CN1. The molecule has 2 rings (SSSR count). The highest BCUT2D eigenvalue weighted by atomic mass is 79.9. The molecule has 1 aromatic carbocycles. The van der Waals surface area contributed by atoms with Gasteiger partial charge in [-0.05, 0) is 24.1 Å². The molecule has 1 saturated heterocycles. The van der Waals surface area contributed by atoms with E-state index in [4.69, 9.17) is 11.6 Å². The summed E-state index contributed by atoms with van der Waals surface area (Å²) >= 11 is 9.39. The Hall–Kier alpha value is -0.330. The van der Waals surface area contributed by atoms with Gasteiger partial charge in [0, 0.05) is 22.6 Å². The zero-order valence-electron chi connectivity index (χ0n) is 10.0. The quantitative estimate of drug-likeness (QED) is 0.762. The number of halogens is 3. The summed E-state index contributed by atoms with van der Waals surface area (Å²) in [6.45, 7) is 0.857. The first kappa shape index (κ1) is 16.7. The third kappa shape index (κ3) is 4.61. The normalized spacial score (nSPS) is 21.8. The molecule has 7 heteroatoms. The Morgan fingerprint density at radius 2 is 2.32 bits per heavy atom. The highest BCUT2D eigenvalue weighted by Gasteiger charge is 2.27. The maximum Gasteiger partial charge on any atom is 0.237 e. The summed E-state index contributed by atoms with van der Waals surface area (Å²) in [4.78, 5) is 11.8. The number of nitrogens with one attached hydrogen (secondary N) is 2. The lowest BCUT2D eigenvalue weighted by Crippen LogP contribution is -2.40. The van der Waals surface area contributed by atoms with Gasteiger partial charge < -0.3 is 15.7 Å². The summed E-state index contributed by atoms with van der Waals surface area (Å²) in [7, 11) is 0. The summed E-state index contributed by atoms with van der Waals surface area (Å²) in [6, 6.07) is 5.23. The Morgan fingerprint density at radius 1 is 1.58 bits per heavy atom. The third-order valence-corrected chi connectivity index (χ3v) is 3.74. The number of carbonyl (C=O) groups excluding carboxylic acids is 1. The molecule has 1 heterocycles. The van der Waals surface area contributed by atoms with Gasteiger partial charge in [-0.3, -0.25) is 4.79 Å². The van der Waals surface area contributed by atoms with Crippen LogP contribution in [0.15, 0.2) is 22.7 Å². The Balaban J connectivity index is 0.00000180. The van der Waals surface area contributed by atoms with Gasteiger partial charge in [0.05, 0.1) is 12.1 Å². The molecule has 4 nitrogen and oxygen atoms in total. The minimum atomic E-state index is -0.433. The second-order valence-corrected chi connectivity index (χ2v) is 5.63. The first-order valence-electron chi connectivity index (χ1n) is 5.69. The van der Waals surface area contributed by atoms with Crippen LogP contribution in [0.1, 0.15) is 12.0 Å². The molecule has 1 fully saturated rings. The van der Waals surface area contributed by atoms with Crippen molar-refractivity contribution in [2.24, 2.45) is 0 Å². The van der Waals surface area contributed by atoms with Gasteiger partial charge in [-0.2, -0.15) is 0 Å². The van der Waals surface area contributed by atoms with E-state index in [1.165, 1.54) is 0 Å². The highest BCUT2D eigenvalue weighted by molar-refractivity contribution is 9.10. The average Bonchev–Trinajstić information content (AvgIpc) is 2.74. The van der Waals surface area contributed by atoms with E-state index in [-0.39, 0.29) is 24.4 Å². The monoisotopic (exact) mass is 368 g/mol. The van der Waals surface area contributed by atoms with Gasteiger partial charge in [0.15, 0.2) is 0 Å². The van der Waals surface area contributed by atoms with Gasteiger partial charge in [-0.25, -0.2) is 0 Å². The molecule has 0 saturated carbocycles. The molecule has 2 unspecified atom stereocenters. The second kappa shape index (κ2) is 7.45. The topological polar surface area (TPSA) is 61.4 Å². The molecule has 1 aliphatic heterocycles. The first-order valence-corrected chi connectivity index (χ1v) is 6.86. The summed E-state index contributed by atoms with van der Waals surface area (Å²) in [5, 5.41) is 15.7. The number of hydrogen-bond donors (Lipinski definition) is 3. The summed E-state index contributed by atoms with van der Waals surface area (Å²) < 4.78 is 0.906. The predicted molar refractivity (Wildman–Crippen MR) is 80.7 cm³/mol. The Labute approximate surface area is 131 Å². The van der Waals surface area contributed by atoms with Crippen molar-refractivity contribution in [2.75, 3.05) is 6.54 Å². The second-order valence-electron chi connectivity index (χ2n) is 4.30. The molecular weight excluding hydrogens is 355 g/mol. The van der Waals surface area contributed by atoms with Crippen LogP contribution in [0.25, 0.3) is 0 Å². The van der Waals surface area contributed by atoms with Crippen molar-refractivity contribution in [3.05, 3.63) is 33.3 Å². The number of aliphatic hydroxyl groups is 1. The lowest BCUT2D eigenvalue weighted by atomic mass is 10.2. The van der Waals surface area contributed by atoms with E-state index < -0.39 is 6.10 Å². The van der Waals surface area contributed by atoms with Gasteiger partial charge in [0.25, 0.3) is 0 Å². The van der Waals surface area contributed by atoms with Crippen LogP contribution in [0.5, 0.6) is 0 Å². The summed E-state index contributed by atoms with van der Waals surface area (Å²) in [5.41, 5.74) is 0.867. The van der Waals surface area contributed by atoms with Crippen molar-refractivity contribution in [3.63, 3.8) is 0 Å².